The Labute approximate surface area is 513 Å². The molecular formula is C76H86Cl2SiZr-4. The fourth-order valence-corrected chi connectivity index (χ4v) is 10.5. The third-order valence-corrected chi connectivity index (χ3v) is 15.2. The van der Waals surface area contributed by atoms with Gasteiger partial charge < -0.3 is 14.9 Å². The van der Waals surface area contributed by atoms with Crippen molar-refractivity contribution < 1.29 is 23.3 Å². The van der Waals surface area contributed by atoms with Crippen molar-refractivity contribution in [2.45, 2.75) is 130 Å². The number of benzene rings is 8. The first-order valence-electron chi connectivity index (χ1n) is 27.4. The monoisotopic (exact) mass is 1190 g/mol. The quantitative estimate of drug-likeness (QED) is 0.0946. The van der Waals surface area contributed by atoms with E-state index in [1.807, 2.05) is 0 Å². The average Bonchev–Trinajstić information content (AvgIpc) is 4.05. The van der Waals surface area contributed by atoms with Crippen LogP contribution in [0.1, 0.15) is 128 Å². The van der Waals surface area contributed by atoms with Crippen LogP contribution >= 0.6 is 24.8 Å². The summed E-state index contributed by atoms with van der Waals surface area (Å²) in [6.45, 7) is 30.3. The number of rotatable bonds is 10. The number of halogens is 2. The second-order valence-corrected chi connectivity index (χ2v) is 25.0. The van der Waals surface area contributed by atoms with E-state index in [0.29, 0.717) is 0 Å². The van der Waals surface area contributed by atoms with Crippen LogP contribution in [0.3, 0.4) is 0 Å². The van der Waals surface area contributed by atoms with E-state index in [4.69, 9.17) is 0 Å². The van der Waals surface area contributed by atoms with E-state index in [0.717, 1.165) is 25.7 Å². The van der Waals surface area contributed by atoms with Crippen LogP contribution in [-0.2, 0) is 70.7 Å². The van der Waals surface area contributed by atoms with E-state index in [1.165, 1.54) is 134 Å². The Morgan fingerprint density at radius 3 is 0.800 bits per heavy atom. The molecule has 0 fully saturated rings. The van der Waals surface area contributed by atoms with Gasteiger partial charge in [0.1, 0.15) is 0 Å². The van der Waals surface area contributed by atoms with Crippen LogP contribution in [0.25, 0.3) is 66.1 Å². The van der Waals surface area contributed by atoms with Crippen molar-refractivity contribution in [1.82, 2.24) is 0 Å². The Balaban J connectivity index is 0.000000319. The van der Waals surface area contributed by atoms with Crippen molar-refractivity contribution in [3.8, 4) is 44.5 Å². The number of hydrogen-bond donors (Lipinski definition) is 0. The van der Waals surface area contributed by atoms with Crippen molar-refractivity contribution in [2.24, 2.45) is 0 Å². The molecule has 0 aliphatic rings. The summed E-state index contributed by atoms with van der Waals surface area (Å²) in [5.74, 6) is 0. The molecule has 0 aromatic heterocycles. The third kappa shape index (κ3) is 16.4. The van der Waals surface area contributed by atoms with Gasteiger partial charge in [0.15, 0.2) is 0 Å². The van der Waals surface area contributed by atoms with Crippen LogP contribution in [0, 0.1) is 14.9 Å². The van der Waals surface area contributed by atoms with Gasteiger partial charge in [-0.05, 0) is 91.9 Å². The molecule has 10 aromatic rings. The first kappa shape index (κ1) is 67.2. The van der Waals surface area contributed by atoms with E-state index < -0.39 is 0 Å². The Kier molecular flexibility index (Phi) is 24.0. The second kappa shape index (κ2) is 28.6. The zero-order chi connectivity index (χ0) is 54.4. The molecule has 10 aromatic carbocycles. The summed E-state index contributed by atoms with van der Waals surface area (Å²) >= 11 is 1.36. The molecule has 0 aliphatic heterocycles. The Morgan fingerprint density at radius 2 is 0.550 bits per heavy atom. The van der Waals surface area contributed by atoms with Gasteiger partial charge in [-0.2, -0.15) is 12.1 Å². The van der Waals surface area contributed by atoms with Crippen LogP contribution in [-0.4, -0.2) is 6.88 Å². The van der Waals surface area contributed by atoms with Gasteiger partial charge in [0, 0.05) is 0 Å². The molecule has 0 aliphatic carbocycles. The van der Waals surface area contributed by atoms with Gasteiger partial charge in [-0.25, -0.2) is 0 Å². The molecule has 0 amide bonds. The van der Waals surface area contributed by atoms with Gasteiger partial charge in [0.25, 0.3) is 0 Å². The molecule has 0 saturated heterocycles. The molecule has 0 N–H and O–H groups in total. The van der Waals surface area contributed by atoms with Crippen LogP contribution in [0.4, 0.5) is 0 Å². The topological polar surface area (TPSA) is 0 Å². The molecule has 10 rings (SSSR count). The average molecular weight is 1190 g/mol. The molecule has 0 spiro atoms. The number of aryl methyl sites for hydroxylation is 4. The summed E-state index contributed by atoms with van der Waals surface area (Å²) in [7, 11) is 0. The predicted octanol–water partition coefficient (Wildman–Crippen LogP) is 21.9. The standard InChI is InChI=1S/2C37H39.2CH3.2ClH.Si.Zr/c2*1-36(2,3)30-18-14-28(15-19-30)32-22-23-33(29-16-20-31(21-17-29)37(4,5)6)35-25-27(24-34(32)35)13-12-26-10-8-7-9-11-26;;;;;;/h2*7-11,14-25H,12-13H2,1-6H3;2*1H3;2*1H;;/q4*-1;;;;. The third-order valence-electron chi connectivity index (χ3n) is 15.2. The van der Waals surface area contributed by atoms with Crippen LogP contribution in [0.2, 0.25) is 0 Å². The SMILES string of the molecule is CC(C)(C)c1ccc(-c2ccc(-c3ccc(C(C)(C)C)cc3)c3[cH-]c(CCc4ccccc4)cc23)cc1.CC(C)(C)c1ccc(-c2ccc(-c3ccc(C(C)(C)C)cc3)c3[cH-]c(CCc4ccccc4)cc23)cc1.Cl.Cl.[CH3-].[CH3-].[Si]=[Zr]. The van der Waals surface area contributed by atoms with E-state index >= 15 is 0 Å². The molecular weight excluding hydrogens is 1100 g/mol. The Hall–Kier alpha value is -5.34. The van der Waals surface area contributed by atoms with Gasteiger partial charge in [-0.15, -0.1) is 69.6 Å². The van der Waals surface area contributed by atoms with E-state index in [1.54, 1.807) is 0 Å². The van der Waals surface area contributed by atoms with Gasteiger partial charge in [-0.1, -0.05) is 298 Å². The summed E-state index contributed by atoms with van der Waals surface area (Å²) < 4.78 is 0. The summed E-state index contributed by atoms with van der Waals surface area (Å²) in [6, 6.07) is 77.3. The van der Waals surface area contributed by atoms with Crippen LogP contribution in [0.15, 0.2) is 206 Å². The van der Waals surface area contributed by atoms with Crippen molar-refractivity contribution in [3.63, 3.8) is 0 Å². The van der Waals surface area contributed by atoms with Crippen LogP contribution < -0.4 is 0 Å². The van der Waals surface area contributed by atoms with Crippen molar-refractivity contribution >= 4 is 53.2 Å². The summed E-state index contributed by atoms with van der Waals surface area (Å²) in [5, 5.41) is 5.40. The number of hydrogen-bond acceptors (Lipinski definition) is 0. The van der Waals surface area contributed by atoms with Gasteiger partial charge in [0.2, 0.25) is 0 Å². The van der Waals surface area contributed by atoms with E-state index in [-0.39, 0.29) is 61.3 Å². The minimum absolute atomic E-state index is 0. The summed E-state index contributed by atoms with van der Waals surface area (Å²) in [6.07, 6.45) is 4.21. The zero-order valence-electron chi connectivity index (χ0n) is 50.3. The van der Waals surface area contributed by atoms with Crippen LogP contribution in [0.5, 0.6) is 0 Å². The van der Waals surface area contributed by atoms with Crippen molar-refractivity contribution in [3.05, 3.63) is 266 Å². The summed E-state index contributed by atoms with van der Waals surface area (Å²) in [4.78, 5) is 0. The first-order valence-corrected chi connectivity index (χ1v) is 31.6. The Morgan fingerprint density at radius 1 is 0.312 bits per heavy atom. The normalized spacial score (nSPS) is 11.4. The molecule has 80 heavy (non-hydrogen) atoms. The molecule has 0 heterocycles. The molecule has 0 nitrogen and oxygen atoms in total. The van der Waals surface area contributed by atoms with Gasteiger partial charge in [-0.3, -0.25) is 0 Å². The summed E-state index contributed by atoms with van der Waals surface area (Å²) in [5.41, 5.74) is 22.1. The Bertz CT molecular complexity index is 3050. The molecule has 0 bridgehead atoms. The second-order valence-electron chi connectivity index (χ2n) is 25.0. The maximum absolute atomic E-state index is 3.06. The first-order chi connectivity index (χ1) is 36.2. The van der Waals surface area contributed by atoms with E-state index in [2.05, 4.69) is 296 Å². The minimum atomic E-state index is 0. The molecule has 416 valence electrons. The van der Waals surface area contributed by atoms with E-state index in [9.17, 15) is 0 Å². The predicted molar refractivity (Wildman–Crippen MR) is 356 cm³/mol. The van der Waals surface area contributed by atoms with Crippen molar-refractivity contribution in [1.29, 1.82) is 0 Å². The fourth-order valence-electron chi connectivity index (χ4n) is 10.5. The van der Waals surface area contributed by atoms with Gasteiger partial charge >= 0.3 is 30.2 Å². The van der Waals surface area contributed by atoms with Gasteiger partial charge in [0.05, 0.1) is 0 Å². The zero-order valence-corrected chi connectivity index (χ0v) is 55.4. The molecule has 0 unspecified atom stereocenters. The number of fused-ring (bicyclic) bond motifs is 2. The molecule has 0 saturated carbocycles. The molecule has 0 atom stereocenters. The van der Waals surface area contributed by atoms with Crippen molar-refractivity contribution in [2.75, 3.05) is 0 Å². The fraction of sp³-hybridized carbons (Fsp3) is 0.263. The molecule has 2 radical (unpaired) electrons. The molecule has 4 heteroatoms. The maximum atomic E-state index is 3.06.